The lowest BCUT2D eigenvalue weighted by molar-refractivity contribution is 0.0975. The number of guanidine groups is 1. The van der Waals surface area contributed by atoms with E-state index in [4.69, 9.17) is 9.47 Å². The average molecular weight is 385 g/mol. The smallest absolute Gasteiger partial charge is 0.258 e. The molecule has 7 heteroatoms. The first-order valence-corrected chi connectivity index (χ1v) is 9.37. The van der Waals surface area contributed by atoms with Crippen LogP contribution in [0.15, 0.2) is 53.5 Å². The summed E-state index contributed by atoms with van der Waals surface area (Å²) in [6, 6.07) is 12.9. The maximum Gasteiger partial charge on any atom is 0.258 e. The van der Waals surface area contributed by atoms with E-state index in [1.54, 1.807) is 6.07 Å². The molecule has 0 spiro atoms. The maximum absolute atomic E-state index is 13.4. The third-order valence-corrected chi connectivity index (χ3v) is 4.24. The molecule has 3 rings (SSSR count). The van der Waals surface area contributed by atoms with Gasteiger partial charge in [0.05, 0.1) is 24.9 Å². The van der Waals surface area contributed by atoms with Gasteiger partial charge in [0.1, 0.15) is 11.6 Å². The van der Waals surface area contributed by atoms with Gasteiger partial charge in [-0.15, -0.1) is 0 Å². The number of hydrogen-bond acceptors (Lipinski definition) is 4. The highest BCUT2D eigenvalue weighted by atomic mass is 19.1. The fraction of sp³-hybridized carbons (Fsp3) is 0.333. The van der Waals surface area contributed by atoms with Gasteiger partial charge in [0.2, 0.25) is 5.96 Å². The number of hydrogen-bond donors (Lipinski definition) is 2. The Hall–Kier alpha value is -2.93. The summed E-state index contributed by atoms with van der Waals surface area (Å²) in [5.41, 5.74) is 0.889. The number of carbonyl (C=O) groups excluding carboxylic acids is 1. The van der Waals surface area contributed by atoms with Gasteiger partial charge in [0, 0.05) is 12.2 Å². The van der Waals surface area contributed by atoms with E-state index in [2.05, 4.69) is 15.6 Å². The number of nitrogens with zero attached hydrogens (tertiary/aromatic N) is 1. The molecule has 0 radical (unpaired) electrons. The average Bonchev–Trinajstić information content (AvgIpc) is 3.21. The third-order valence-electron chi connectivity index (χ3n) is 4.24. The second-order valence-corrected chi connectivity index (χ2v) is 6.34. The number of benzene rings is 2. The highest BCUT2D eigenvalue weighted by molar-refractivity contribution is 6.10. The van der Waals surface area contributed by atoms with Gasteiger partial charge in [-0.2, -0.15) is 0 Å². The lowest BCUT2D eigenvalue weighted by atomic mass is 10.2. The van der Waals surface area contributed by atoms with Crippen LogP contribution in [0.5, 0.6) is 5.75 Å². The van der Waals surface area contributed by atoms with Crippen LogP contribution in [0.1, 0.15) is 30.1 Å². The number of carbonyl (C=O) groups is 1. The predicted molar refractivity (Wildman–Crippen MR) is 106 cm³/mol. The van der Waals surface area contributed by atoms with Gasteiger partial charge >= 0.3 is 0 Å². The van der Waals surface area contributed by atoms with E-state index in [-0.39, 0.29) is 17.6 Å². The first-order chi connectivity index (χ1) is 13.7. The van der Waals surface area contributed by atoms with Gasteiger partial charge in [-0.05, 0) is 50.1 Å². The van der Waals surface area contributed by atoms with E-state index in [0.717, 1.165) is 19.4 Å². The van der Waals surface area contributed by atoms with Crippen molar-refractivity contribution in [3.8, 4) is 5.75 Å². The molecule has 1 saturated heterocycles. The molecular weight excluding hydrogens is 361 g/mol. The molecule has 148 valence electrons. The summed E-state index contributed by atoms with van der Waals surface area (Å²) in [5.74, 6) is -0.0149. The lowest BCUT2D eigenvalue weighted by Crippen LogP contribution is -2.37. The monoisotopic (exact) mass is 385 g/mol. The molecule has 6 nitrogen and oxygen atoms in total. The molecule has 0 aliphatic carbocycles. The highest BCUT2D eigenvalue weighted by Crippen LogP contribution is 2.23. The summed E-state index contributed by atoms with van der Waals surface area (Å²) >= 11 is 0. The van der Waals surface area contributed by atoms with Gasteiger partial charge in [0.15, 0.2) is 0 Å². The molecule has 1 atom stereocenters. The molecule has 1 aliphatic heterocycles. The summed E-state index contributed by atoms with van der Waals surface area (Å²) in [5, 5.41) is 5.84. The van der Waals surface area contributed by atoms with E-state index < -0.39 is 11.7 Å². The Morgan fingerprint density at radius 3 is 2.89 bits per heavy atom. The SMILES string of the molecule is CCOc1ccccc1NC(=NC[C@@H]1CCCO1)NC(=O)c1cccc(F)c1. The maximum atomic E-state index is 13.4. The number of amides is 1. The summed E-state index contributed by atoms with van der Waals surface area (Å²) in [7, 11) is 0. The molecule has 28 heavy (non-hydrogen) atoms. The standard InChI is InChI=1S/C21H24FN3O3/c1-2-27-19-11-4-3-10-18(19)24-21(23-14-17-9-6-12-28-17)25-20(26)15-7-5-8-16(22)13-15/h3-5,7-8,10-11,13,17H,2,6,9,12,14H2,1H3,(H2,23,24,25,26)/t17-/m0/s1. The zero-order valence-corrected chi connectivity index (χ0v) is 15.8. The zero-order chi connectivity index (χ0) is 19.8. The Bertz CT molecular complexity index is 835. The lowest BCUT2D eigenvalue weighted by Gasteiger charge is -2.16. The van der Waals surface area contributed by atoms with Crippen LogP contribution in [0.4, 0.5) is 10.1 Å². The largest absolute Gasteiger partial charge is 0.492 e. The normalized spacial score (nSPS) is 16.6. The molecule has 2 aromatic carbocycles. The van der Waals surface area contributed by atoms with Crippen LogP contribution in [0.25, 0.3) is 0 Å². The van der Waals surface area contributed by atoms with Gasteiger partial charge in [0.25, 0.3) is 5.91 Å². The van der Waals surface area contributed by atoms with E-state index in [1.165, 1.54) is 18.2 Å². The van der Waals surface area contributed by atoms with Gasteiger partial charge < -0.3 is 14.8 Å². The van der Waals surface area contributed by atoms with Crippen LogP contribution < -0.4 is 15.4 Å². The van der Waals surface area contributed by atoms with Crippen LogP contribution in [-0.4, -0.2) is 37.7 Å². The summed E-state index contributed by atoms with van der Waals surface area (Å²) < 4.78 is 24.7. The molecule has 2 aromatic rings. The predicted octanol–water partition coefficient (Wildman–Crippen LogP) is 3.60. The van der Waals surface area contributed by atoms with Crippen LogP contribution in [0.3, 0.4) is 0 Å². The summed E-state index contributed by atoms with van der Waals surface area (Å²) in [6.07, 6.45) is 1.97. The highest BCUT2D eigenvalue weighted by Gasteiger charge is 2.17. The first kappa shape index (κ1) is 19.8. The molecule has 0 aromatic heterocycles. The molecule has 1 amide bonds. The fourth-order valence-corrected chi connectivity index (χ4v) is 2.88. The number of nitrogens with one attached hydrogen (secondary N) is 2. The van der Waals surface area contributed by atoms with Gasteiger partial charge in [-0.3, -0.25) is 10.1 Å². The Balaban J connectivity index is 1.78. The van der Waals surface area contributed by atoms with Crippen molar-refractivity contribution in [2.75, 3.05) is 25.1 Å². The Morgan fingerprint density at radius 2 is 2.14 bits per heavy atom. The molecule has 0 saturated carbocycles. The van der Waals surface area contributed by atoms with Crippen molar-refractivity contribution >= 4 is 17.6 Å². The number of anilines is 1. The number of ether oxygens (including phenoxy) is 2. The van der Waals surface area contributed by atoms with Crippen molar-refractivity contribution in [3.05, 3.63) is 59.9 Å². The topological polar surface area (TPSA) is 71.9 Å². The minimum atomic E-state index is -0.472. The Morgan fingerprint density at radius 1 is 1.29 bits per heavy atom. The molecular formula is C21H24FN3O3. The minimum absolute atomic E-state index is 0.0324. The second kappa shape index (κ2) is 9.85. The number of rotatable bonds is 6. The summed E-state index contributed by atoms with van der Waals surface area (Å²) in [6.45, 7) is 3.56. The quantitative estimate of drug-likeness (QED) is 0.589. The zero-order valence-electron chi connectivity index (χ0n) is 15.8. The molecule has 2 N–H and O–H groups in total. The number of para-hydroxylation sites is 2. The van der Waals surface area contributed by atoms with Crippen molar-refractivity contribution < 1.29 is 18.7 Å². The first-order valence-electron chi connectivity index (χ1n) is 9.37. The van der Waals surface area contributed by atoms with Crippen molar-refractivity contribution in [2.45, 2.75) is 25.9 Å². The molecule has 1 aliphatic rings. The van der Waals surface area contributed by atoms with Crippen LogP contribution in [-0.2, 0) is 4.74 Å². The molecule has 1 heterocycles. The van der Waals surface area contributed by atoms with E-state index in [9.17, 15) is 9.18 Å². The molecule has 0 unspecified atom stereocenters. The second-order valence-electron chi connectivity index (χ2n) is 6.34. The van der Waals surface area contributed by atoms with E-state index in [1.807, 2.05) is 31.2 Å². The van der Waals surface area contributed by atoms with Crippen molar-refractivity contribution in [1.29, 1.82) is 0 Å². The Labute approximate surface area is 163 Å². The fourth-order valence-electron chi connectivity index (χ4n) is 2.88. The van der Waals surface area contributed by atoms with Crippen LogP contribution in [0, 0.1) is 5.82 Å². The molecule has 1 fully saturated rings. The summed E-state index contributed by atoms with van der Waals surface area (Å²) in [4.78, 5) is 17.0. The molecule has 0 bridgehead atoms. The number of aliphatic imine (C=N–C) groups is 1. The van der Waals surface area contributed by atoms with E-state index >= 15 is 0 Å². The van der Waals surface area contributed by atoms with E-state index in [0.29, 0.717) is 24.6 Å². The van der Waals surface area contributed by atoms with Crippen LogP contribution >= 0.6 is 0 Å². The van der Waals surface area contributed by atoms with Crippen molar-refractivity contribution in [3.63, 3.8) is 0 Å². The third kappa shape index (κ3) is 5.53. The van der Waals surface area contributed by atoms with Crippen LogP contribution in [0.2, 0.25) is 0 Å². The van der Waals surface area contributed by atoms with Gasteiger partial charge in [-0.1, -0.05) is 18.2 Å². The number of halogens is 1. The minimum Gasteiger partial charge on any atom is -0.492 e. The van der Waals surface area contributed by atoms with Crippen molar-refractivity contribution in [1.82, 2.24) is 5.32 Å². The van der Waals surface area contributed by atoms with Gasteiger partial charge in [-0.25, -0.2) is 9.38 Å². The Kier molecular flexibility index (Phi) is 6.97. The van der Waals surface area contributed by atoms with Crippen molar-refractivity contribution in [2.24, 2.45) is 4.99 Å².